The summed E-state index contributed by atoms with van der Waals surface area (Å²) in [6.45, 7) is 3.07. The fraction of sp³-hybridized carbons (Fsp3) is 0.474. The van der Waals surface area contributed by atoms with Gasteiger partial charge in [-0.1, -0.05) is 11.8 Å². The molecule has 9 nitrogen and oxygen atoms in total. The number of rotatable bonds is 6. The molecule has 2 N–H and O–H groups in total. The normalized spacial score (nSPS) is 19.6. The highest BCUT2D eigenvalue weighted by Crippen LogP contribution is 2.30. The van der Waals surface area contributed by atoms with Crippen molar-refractivity contribution in [1.29, 1.82) is 0 Å². The molecule has 29 heavy (non-hydrogen) atoms. The lowest BCUT2D eigenvalue weighted by Crippen LogP contribution is -2.51. The minimum absolute atomic E-state index is 0.0639. The van der Waals surface area contributed by atoms with Crippen LogP contribution in [-0.4, -0.2) is 62.5 Å². The Hall–Kier alpha value is -2.61. The zero-order valence-electron chi connectivity index (χ0n) is 16.6. The lowest BCUT2D eigenvalue weighted by Gasteiger charge is -2.26. The molecule has 0 bridgehead atoms. The summed E-state index contributed by atoms with van der Waals surface area (Å²) in [5.74, 6) is 4.79. The van der Waals surface area contributed by atoms with Crippen molar-refractivity contribution in [3.63, 3.8) is 0 Å². The first-order valence-corrected chi connectivity index (χ1v) is 10.7. The molecule has 0 spiro atoms. The van der Waals surface area contributed by atoms with Crippen LogP contribution in [0.1, 0.15) is 25.8 Å². The third kappa shape index (κ3) is 5.06. The molecule has 2 amide bonds. The highest BCUT2D eigenvalue weighted by Gasteiger charge is 2.48. The molecule has 1 aromatic rings. The predicted octanol–water partition coefficient (Wildman–Crippen LogP) is 1.10. The van der Waals surface area contributed by atoms with Crippen molar-refractivity contribution in [3.8, 4) is 11.8 Å². The Bertz CT molecular complexity index is 934. The summed E-state index contributed by atoms with van der Waals surface area (Å²) < 4.78 is 32.6. The van der Waals surface area contributed by atoms with Gasteiger partial charge in [-0.15, -0.1) is 0 Å². The molecule has 1 heterocycles. The van der Waals surface area contributed by atoms with E-state index in [1.807, 2.05) is 6.92 Å². The maximum atomic E-state index is 12.3. The van der Waals surface area contributed by atoms with E-state index in [-0.39, 0.29) is 19.1 Å². The van der Waals surface area contributed by atoms with Gasteiger partial charge in [-0.05, 0) is 38.1 Å². The number of nitrogens with one attached hydrogen (secondary N) is 1. The van der Waals surface area contributed by atoms with Crippen LogP contribution in [0, 0.1) is 11.8 Å². The molecule has 1 aromatic carbocycles. The van der Waals surface area contributed by atoms with Crippen molar-refractivity contribution in [2.75, 3.05) is 24.8 Å². The lowest BCUT2D eigenvalue weighted by molar-refractivity contribution is -0.132. The number of methoxy groups -OCH3 is 1. The number of hydrogen-bond donors (Lipinski definition) is 2. The number of hydrogen-bond acceptors (Lipinski definition) is 7. The number of anilines is 1. The maximum absolute atomic E-state index is 12.3. The zero-order chi connectivity index (χ0) is 21.8. The minimum atomic E-state index is -3.89. The number of nitrogens with zero attached hydrogens (tertiary/aromatic N) is 1. The van der Waals surface area contributed by atoms with Gasteiger partial charge in [0.25, 0.3) is 5.91 Å². The van der Waals surface area contributed by atoms with Crippen molar-refractivity contribution >= 4 is 27.5 Å². The highest BCUT2D eigenvalue weighted by atomic mass is 32.2. The number of carbonyl (C=O) groups excluding carboxylic acids is 2. The van der Waals surface area contributed by atoms with E-state index >= 15 is 0 Å². The molecule has 1 saturated heterocycles. The number of amides is 2. The fourth-order valence-electron chi connectivity index (χ4n) is 2.77. The van der Waals surface area contributed by atoms with Crippen LogP contribution in [-0.2, 0) is 24.1 Å². The second-order valence-electron chi connectivity index (χ2n) is 6.96. The van der Waals surface area contributed by atoms with Crippen LogP contribution >= 0.6 is 0 Å². The third-order valence-electron chi connectivity index (χ3n) is 4.84. The molecule has 1 fully saturated rings. The van der Waals surface area contributed by atoms with E-state index in [1.54, 1.807) is 31.4 Å². The first-order chi connectivity index (χ1) is 13.5. The number of benzene rings is 1. The second kappa shape index (κ2) is 8.82. The summed E-state index contributed by atoms with van der Waals surface area (Å²) in [6, 6.07) is 6.87. The topological polar surface area (TPSA) is 122 Å². The Morgan fingerprint density at radius 3 is 2.59 bits per heavy atom. The summed E-state index contributed by atoms with van der Waals surface area (Å²) in [5.41, 5.74) is 2.67. The SMILES string of the molecule is COC(C)C#Cc1ccc(N2CC(CC(C)(C(=O)NO)S(C)(=O)=O)OC2=O)cc1. The van der Waals surface area contributed by atoms with E-state index in [0.717, 1.165) is 11.8 Å². The third-order valence-corrected chi connectivity index (χ3v) is 6.83. The van der Waals surface area contributed by atoms with Gasteiger partial charge in [0.05, 0.1) is 6.54 Å². The van der Waals surface area contributed by atoms with Gasteiger partial charge in [-0.3, -0.25) is 14.9 Å². The molecule has 0 aromatic heterocycles. The zero-order valence-corrected chi connectivity index (χ0v) is 17.4. The summed E-state index contributed by atoms with van der Waals surface area (Å²) in [5, 5.41) is 8.91. The minimum Gasteiger partial charge on any atom is -0.444 e. The molecule has 158 valence electrons. The average Bonchev–Trinajstić information content (AvgIpc) is 3.04. The average molecular weight is 424 g/mol. The van der Waals surface area contributed by atoms with E-state index in [0.29, 0.717) is 5.69 Å². The van der Waals surface area contributed by atoms with Crippen LogP contribution in [0.4, 0.5) is 10.5 Å². The number of carbonyl (C=O) groups is 2. The van der Waals surface area contributed by atoms with Crippen molar-refractivity contribution in [3.05, 3.63) is 29.8 Å². The Morgan fingerprint density at radius 2 is 2.07 bits per heavy atom. The summed E-state index contributed by atoms with van der Waals surface area (Å²) >= 11 is 0. The van der Waals surface area contributed by atoms with Gasteiger partial charge in [0.2, 0.25) is 0 Å². The number of hydroxylamine groups is 1. The molecule has 0 radical (unpaired) electrons. The quantitative estimate of drug-likeness (QED) is 0.398. The van der Waals surface area contributed by atoms with Crippen LogP contribution in [0.5, 0.6) is 0 Å². The van der Waals surface area contributed by atoms with E-state index in [2.05, 4.69) is 11.8 Å². The molecule has 3 unspecified atom stereocenters. The predicted molar refractivity (Wildman–Crippen MR) is 105 cm³/mol. The van der Waals surface area contributed by atoms with Gasteiger partial charge < -0.3 is 9.47 Å². The summed E-state index contributed by atoms with van der Waals surface area (Å²) in [7, 11) is -2.33. The van der Waals surface area contributed by atoms with E-state index in [1.165, 1.54) is 17.3 Å². The van der Waals surface area contributed by atoms with Crippen molar-refractivity contribution < 1.29 is 32.7 Å². The smallest absolute Gasteiger partial charge is 0.414 e. The molecule has 2 rings (SSSR count). The van der Waals surface area contributed by atoms with Crippen molar-refractivity contribution in [2.45, 2.75) is 37.2 Å². The highest BCUT2D eigenvalue weighted by molar-refractivity contribution is 7.92. The van der Waals surface area contributed by atoms with E-state index < -0.39 is 32.7 Å². The van der Waals surface area contributed by atoms with Gasteiger partial charge >= 0.3 is 6.09 Å². The Labute approximate surface area is 169 Å². The van der Waals surface area contributed by atoms with E-state index in [9.17, 15) is 18.0 Å². The van der Waals surface area contributed by atoms with Gasteiger partial charge in [-0.2, -0.15) is 0 Å². The molecule has 1 aliphatic heterocycles. The monoisotopic (exact) mass is 424 g/mol. The summed E-state index contributed by atoms with van der Waals surface area (Å²) in [4.78, 5) is 25.6. The maximum Gasteiger partial charge on any atom is 0.414 e. The number of cyclic esters (lactones) is 1. The van der Waals surface area contributed by atoms with Crippen LogP contribution in [0.3, 0.4) is 0 Å². The number of sulfone groups is 1. The molecule has 0 saturated carbocycles. The van der Waals surface area contributed by atoms with Gasteiger partial charge in [-0.25, -0.2) is 18.7 Å². The molecule has 10 heteroatoms. The van der Waals surface area contributed by atoms with E-state index in [4.69, 9.17) is 14.7 Å². The number of ether oxygens (including phenoxy) is 2. The first kappa shape index (κ1) is 22.7. The van der Waals surface area contributed by atoms with Gasteiger partial charge in [0.15, 0.2) is 14.6 Å². The second-order valence-corrected chi connectivity index (χ2v) is 9.40. The standard InChI is InChI=1S/C19H24N2O7S/c1-13(27-3)5-6-14-7-9-15(10-8-14)21-12-16(28-18(21)23)11-19(2,17(22)20-24)29(4,25)26/h7-10,13,16,24H,11-12H2,1-4H3,(H,20,22). The molecule has 1 aliphatic rings. The Kier molecular flexibility index (Phi) is 6.89. The Morgan fingerprint density at radius 1 is 1.45 bits per heavy atom. The lowest BCUT2D eigenvalue weighted by atomic mass is 10.0. The van der Waals surface area contributed by atoms with Crippen LogP contribution in [0.15, 0.2) is 24.3 Å². The van der Waals surface area contributed by atoms with Crippen molar-refractivity contribution in [2.24, 2.45) is 0 Å². The van der Waals surface area contributed by atoms with Crippen LogP contribution < -0.4 is 10.4 Å². The fourth-order valence-corrected chi connectivity index (χ4v) is 3.64. The van der Waals surface area contributed by atoms with Crippen LogP contribution in [0.2, 0.25) is 0 Å². The van der Waals surface area contributed by atoms with Gasteiger partial charge in [0, 0.05) is 31.0 Å². The molecular weight excluding hydrogens is 400 g/mol. The first-order valence-electron chi connectivity index (χ1n) is 8.78. The Balaban J connectivity index is 2.15. The molecular formula is C19H24N2O7S. The molecule has 3 atom stereocenters. The van der Waals surface area contributed by atoms with Crippen LogP contribution in [0.25, 0.3) is 0 Å². The largest absolute Gasteiger partial charge is 0.444 e. The molecule has 0 aliphatic carbocycles. The van der Waals surface area contributed by atoms with Crippen molar-refractivity contribution in [1.82, 2.24) is 5.48 Å². The summed E-state index contributed by atoms with van der Waals surface area (Å²) in [6.07, 6.45) is -1.10. The van der Waals surface area contributed by atoms with Gasteiger partial charge in [0.1, 0.15) is 12.2 Å².